The summed E-state index contributed by atoms with van der Waals surface area (Å²) in [7, 11) is 0. The van der Waals surface area contributed by atoms with E-state index >= 15 is 0 Å². The van der Waals surface area contributed by atoms with E-state index in [0.717, 1.165) is 12.3 Å². The first-order chi connectivity index (χ1) is 14.6. The Morgan fingerprint density at radius 3 is 2.39 bits per heavy atom. The zero-order valence-corrected chi connectivity index (χ0v) is 17.8. The molecule has 0 saturated carbocycles. The molecular formula is C21H24ClF3N4O2. The number of nitrogens with one attached hydrogen (secondary N) is 3. The van der Waals surface area contributed by atoms with E-state index in [1.807, 2.05) is 13.8 Å². The molecule has 1 atom stereocenters. The van der Waals surface area contributed by atoms with Crippen molar-refractivity contribution in [2.75, 3.05) is 18.4 Å². The summed E-state index contributed by atoms with van der Waals surface area (Å²) in [4.78, 5) is 28.7. The predicted octanol–water partition coefficient (Wildman–Crippen LogP) is 4.13. The number of hydrogen-bond donors (Lipinski definition) is 3. The first-order valence-electron chi connectivity index (χ1n) is 9.70. The van der Waals surface area contributed by atoms with Crippen LogP contribution in [0.15, 0.2) is 42.6 Å². The maximum absolute atomic E-state index is 12.5. The fraction of sp³-hybridized carbons (Fsp3) is 0.381. The Hall–Kier alpha value is -2.81. The molecule has 3 N–H and O–H groups in total. The second kappa shape index (κ2) is 11.0. The van der Waals surface area contributed by atoms with Gasteiger partial charge in [-0.3, -0.25) is 9.59 Å². The SMILES string of the molecule is CC(C)C(NC(=O)c1ccccc1Cl)C(=O)NCCCNc1ccc(C(F)(F)F)cn1. The number of hydrogen-bond acceptors (Lipinski definition) is 4. The lowest BCUT2D eigenvalue weighted by Crippen LogP contribution is -2.50. The number of pyridine rings is 1. The molecule has 0 aliphatic carbocycles. The molecule has 1 aromatic carbocycles. The molecule has 1 unspecified atom stereocenters. The minimum absolute atomic E-state index is 0.152. The van der Waals surface area contributed by atoms with Crippen molar-refractivity contribution >= 4 is 29.2 Å². The van der Waals surface area contributed by atoms with Crippen LogP contribution in [0.3, 0.4) is 0 Å². The molecule has 168 valence electrons. The molecule has 0 bridgehead atoms. The number of anilines is 1. The number of amides is 2. The van der Waals surface area contributed by atoms with Crippen molar-refractivity contribution in [2.24, 2.45) is 5.92 Å². The zero-order chi connectivity index (χ0) is 23.0. The molecule has 0 aliphatic heterocycles. The Labute approximate surface area is 183 Å². The number of rotatable bonds is 9. The van der Waals surface area contributed by atoms with Gasteiger partial charge in [-0.2, -0.15) is 13.2 Å². The molecule has 10 heteroatoms. The van der Waals surface area contributed by atoms with E-state index in [1.165, 1.54) is 6.07 Å². The summed E-state index contributed by atoms with van der Waals surface area (Å²) >= 11 is 6.03. The van der Waals surface area contributed by atoms with Crippen LogP contribution < -0.4 is 16.0 Å². The Balaban J connectivity index is 1.79. The van der Waals surface area contributed by atoms with E-state index in [9.17, 15) is 22.8 Å². The third kappa shape index (κ3) is 7.43. The van der Waals surface area contributed by atoms with Crippen molar-refractivity contribution < 1.29 is 22.8 Å². The predicted molar refractivity (Wildman–Crippen MR) is 113 cm³/mol. The highest BCUT2D eigenvalue weighted by molar-refractivity contribution is 6.33. The van der Waals surface area contributed by atoms with Crippen molar-refractivity contribution in [3.8, 4) is 0 Å². The van der Waals surface area contributed by atoms with Gasteiger partial charge >= 0.3 is 6.18 Å². The van der Waals surface area contributed by atoms with Gasteiger partial charge < -0.3 is 16.0 Å². The summed E-state index contributed by atoms with van der Waals surface area (Å²) in [5.74, 6) is -0.607. The van der Waals surface area contributed by atoms with Crippen LogP contribution in [0.25, 0.3) is 0 Å². The third-order valence-corrected chi connectivity index (χ3v) is 4.73. The zero-order valence-electron chi connectivity index (χ0n) is 17.1. The summed E-state index contributed by atoms with van der Waals surface area (Å²) in [5, 5.41) is 8.65. The smallest absolute Gasteiger partial charge is 0.370 e. The van der Waals surface area contributed by atoms with Crippen LogP contribution in [-0.4, -0.2) is 35.9 Å². The first-order valence-corrected chi connectivity index (χ1v) is 10.1. The Kier molecular flexibility index (Phi) is 8.67. The van der Waals surface area contributed by atoms with Crippen LogP contribution in [0.1, 0.15) is 36.2 Å². The van der Waals surface area contributed by atoms with E-state index in [-0.39, 0.29) is 17.4 Å². The lowest BCUT2D eigenvalue weighted by atomic mass is 10.0. The first kappa shape index (κ1) is 24.5. The molecule has 1 aromatic heterocycles. The van der Waals surface area contributed by atoms with E-state index in [2.05, 4.69) is 20.9 Å². The quantitative estimate of drug-likeness (QED) is 0.495. The molecular weight excluding hydrogens is 433 g/mol. The number of aromatic nitrogens is 1. The normalized spacial score (nSPS) is 12.4. The van der Waals surface area contributed by atoms with Gasteiger partial charge in [-0.15, -0.1) is 0 Å². The molecule has 0 fully saturated rings. The lowest BCUT2D eigenvalue weighted by Gasteiger charge is -2.22. The summed E-state index contributed by atoms with van der Waals surface area (Å²) in [5.41, 5.74) is -0.528. The summed E-state index contributed by atoms with van der Waals surface area (Å²) in [6.07, 6.45) is -3.15. The minimum atomic E-state index is -4.43. The van der Waals surface area contributed by atoms with Crippen molar-refractivity contribution in [1.29, 1.82) is 0 Å². The van der Waals surface area contributed by atoms with E-state index in [4.69, 9.17) is 11.6 Å². The molecule has 31 heavy (non-hydrogen) atoms. The van der Waals surface area contributed by atoms with Crippen molar-refractivity contribution in [3.63, 3.8) is 0 Å². The van der Waals surface area contributed by atoms with Crippen LogP contribution in [-0.2, 0) is 11.0 Å². The molecule has 2 amide bonds. The number of alkyl halides is 3. The number of benzene rings is 1. The van der Waals surface area contributed by atoms with Crippen LogP contribution in [0.5, 0.6) is 0 Å². The van der Waals surface area contributed by atoms with E-state index < -0.39 is 23.7 Å². The van der Waals surface area contributed by atoms with Gasteiger partial charge in [-0.25, -0.2) is 4.98 Å². The van der Waals surface area contributed by atoms with Gasteiger partial charge in [0.1, 0.15) is 11.9 Å². The number of nitrogens with zero attached hydrogens (tertiary/aromatic N) is 1. The second-order valence-electron chi connectivity index (χ2n) is 7.18. The molecule has 0 aliphatic rings. The molecule has 1 heterocycles. The highest BCUT2D eigenvalue weighted by Gasteiger charge is 2.30. The minimum Gasteiger partial charge on any atom is -0.370 e. The Morgan fingerprint density at radius 1 is 1.10 bits per heavy atom. The largest absolute Gasteiger partial charge is 0.417 e. The Morgan fingerprint density at radius 2 is 1.81 bits per heavy atom. The van der Waals surface area contributed by atoms with Crippen LogP contribution in [0.2, 0.25) is 5.02 Å². The lowest BCUT2D eigenvalue weighted by molar-refractivity contribution is -0.137. The van der Waals surface area contributed by atoms with Crippen LogP contribution in [0, 0.1) is 5.92 Å². The van der Waals surface area contributed by atoms with Gasteiger partial charge in [-0.1, -0.05) is 37.6 Å². The maximum atomic E-state index is 12.5. The molecule has 2 rings (SSSR count). The van der Waals surface area contributed by atoms with Gasteiger partial charge in [0.15, 0.2) is 0 Å². The topological polar surface area (TPSA) is 83.1 Å². The van der Waals surface area contributed by atoms with Gasteiger partial charge in [0.25, 0.3) is 5.91 Å². The fourth-order valence-corrected chi connectivity index (χ4v) is 2.91. The van der Waals surface area contributed by atoms with Gasteiger partial charge in [0.2, 0.25) is 5.91 Å². The average Bonchev–Trinajstić information content (AvgIpc) is 2.71. The van der Waals surface area contributed by atoms with Crippen molar-refractivity contribution in [1.82, 2.24) is 15.6 Å². The third-order valence-electron chi connectivity index (χ3n) is 4.40. The standard InChI is InChI=1S/C21H24ClF3N4O2/c1-13(2)18(29-19(30)15-6-3-4-7-16(15)22)20(31)27-11-5-10-26-17-9-8-14(12-28-17)21(23,24)25/h3-4,6-9,12-13,18H,5,10-11H2,1-2H3,(H,26,28)(H,27,31)(H,29,30). The number of halogens is 4. The van der Waals surface area contributed by atoms with Crippen LogP contribution in [0.4, 0.5) is 19.0 Å². The van der Waals surface area contributed by atoms with E-state index in [0.29, 0.717) is 30.4 Å². The summed E-state index contributed by atoms with van der Waals surface area (Å²) < 4.78 is 37.6. The maximum Gasteiger partial charge on any atom is 0.417 e. The van der Waals surface area contributed by atoms with Crippen molar-refractivity contribution in [2.45, 2.75) is 32.5 Å². The van der Waals surface area contributed by atoms with Crippen LogP contribution >= 0.6 is 11.6 Å². The van der Waals surface area contributed by atoms with E-state index in [1.54, 1.807) is 24.3 Å². The van der Waals surface area contributed by atoms with Gasteiger partial charge in [0, 0.05) is 19.3 Å². The number of carbonyl (C=O) groups is 2. The monoisotopic (exact) mass is 456 g/mol. The second-order valence-corrected chi connectivity index (χ2v) is 7.58. The molecule has 0 radical (unpaired) electrons. The van der Waals surface area contributed by atoms with Gasteiger partial charge in [-0.05, 0) is 36.6 Å². The molecule has 6 nitrogen and oxygen atoms in total. The highest BCUT2D eigenvalue weighted by atomic mass is 35.5. The highest BCUT2D eigenvalue weighted by Crippen LogP contribution is 2.28. The molecule has 0 spiro atoms. The summed E-state index contributed by atoms with van der Waals surface area (Å²) in [6, 6.07) is 8.03. The number of carbonyl (C=O) groups excluding carboxylic acids is 2. The molecule has 0 saturated heterocycles. The average molecular weight is 457 g/mol. The van der Waals surface area contributed by atoms with Gasteiger partial charge in [0.05, 0.1) is 16.1 Å². The Bertz CT molecular complexity index is 889. The fourth-order valence-electron chi connectivity index (χ4n) is 2.69. The van der Waals surface area contributed by atoms with Crippen molar-refractivity contribution in [3.05, 3.63) is 58.7 Å². The summed E-state index contributed by atoms with van der Waals surface area (Å²) in [6.45, 7) is 4.35. The molecule has 2 aromatic rings.